The van der Waals surface area contributed by atoms with Crippen LogP contribution in [0.4, 0.5) is 0 Å². The second-order valence-electron chi connectivity index (χ2n) is 19.8. The molecular weight excluding hydrogens is 953 g/mol. The van der Waals surface area contributed by atoms with Gasteiger partial charge in [0, 0.05) is 116 Å². The van der Waals surface area contributed by atoms with Crippen molar-refractivity contribution in [3.05, 3.63) is 255 Å². The lowest BCUT2D eigenvalue weighted by atomic mass is 9.93. The fourth-order valence-corrected chi connectivity index (χ4v) is 10.9. The van der Waals surface area contributed by atoms with Gasteiger partial charge in [-0.3, -0.25) is 19.9 Å². The molecule has 0 atom stereocenters. The average molecular weight is 999 g/mol. The molecule has 6 aromatic carbocycles. The maximum atomic E-state index is 5.57. The van der Waals surface area contributed by atoms with Crippen molar-refractivity contribution in [3.8, 4) is 101 Å². The van der Waals surface area contributed by atoms with Crippen LogP contribution in [0.25, 0.3) is 144 Å². The molecule has 8 aromatic heterocycles. The first-order valence-corrected chi connectivity index (χ1v) is 26.0. The zero-order valence-corrected chi connectivity index (χ0v) is 42.7. The number of fused-ring (bicyclic) bond motifs is 6. The molecule has 8 nitrogen and oxygen atoms in total. The minimum absolute atomic E-state index is 0.809. The van der Waals surface area contributed by atoms with Gasteiger partial charge in [-0.05, 0) is 120 Å². The molecular formula is C70H46N8. The monoisotopic (exact) mass is 998 g/mol. The number of aryl methyl sites for hydroxylation is 2. The summed E-state index contributed by atoms with van der Waals surface area (Å²) in [6.07, 6.45) is 14.9. The van der Waals surface area contributed by atoms with Crippen LogP contribution < -0.4 is 0 Å². The Morgan fingerprint density at radius 1 is 0.231 bits per heavy atom. The molecule has 0 aliphatic carbocycles. The predicted octanol–water partition coefficient (Wildman–Crippen LogP) is 17.1. The summed E-state index contributed by atoms with van der Waals surface area (Å²) in [6.45, 7) is 4.22. The smallest absolute Gasteiger partial charge is 0.0978 e. The van der Waals surface area contributed by atoms with Crippen LogP contribution in [0.2, 0.25) is 0 Å². The van der Waals surface area contributed by atoms with E-state index in [4.69, 9.17) is 19.9 Å². The number of hydrogen-bond donors (Lipinski definition) is 0. The van der Waals surface area contributed by atoms with Crippen LogP contribution >= 0.6 is 0 Å². The van der Waals surface area contributed by atoms with Crippen LogP contribution in [0.15, 0.2) is 244 Å². The largest absolute Gasteiger partial charge is 0.264 e. The third-order valence-corrected chi connectivity index (χ3v) is 14.7. The van der Waals surface area contributed by atoms with Gasteiger partial charge >= 0.3 is 0 Å². The van der Waals surface area contributed by atoms with Crippen molar-refractivity contribution in [2.45, 2.75) is 13.8 Å². The number of nitrogens with zero attached hydrogens (tertiary/aromatic N) is 8. The van der Waals surface area contributed by atoms with Gasteiger partial charge in [0.05, 0.1) is 44.8 Å². The Balaban J connectivity index is 0.942. The summed E-state index contributed by atoms with van der Waals surface area (Å²) in [5.41, 5.74) is 23.2. The zero-order valence-electron chi connectivity index (χ0n) is 42.7. The van der Waals surface area contributed by atoms with Crippen molar-refractivity contribution in [1.29, 1.82) is 0 Å². The van der Waals surface area contributed by atoms with Crippen molar-refractivity contribution < 1.29 is 0 Å². The third kappa shape index (κ3) is 8.48. The van der Waals surface area contributed by atoms with Gasteiger partial charge in [-0.2, -0.15) is 0 Å². The zero-order chi connectivity index (χ0) is 52.1. The van der Waals surface area contributed by atoms with E-state index in [0.717, 1.165) is 155 Å². The van der Waals surface area contributed by atoms with Crippen molar-refractivity contribution in [2.24, 2.45) is 0 Å². The van der Waals surface area contributed by atoms with E-state index in [9.17, 15) is 0 Å². The fourth-order valence-electron chi connectivity index (χ4n) is 10.9. The van der Waals surface area contributed by atoms with E-state index in [0.29, 0.717) is 0 Å². The molecule has 8 heteroatoms. The van der Waals surface area contributed by atoms with Gasteiger partial charge in [-0.15, -0.1) is 0 Å². The van der Waals surface area contributed by atoms with Crippen molar-refractivity contribution in [2.75, 3.05) is 0 Å². The van der Waals surface area contributed by atoms with Gasteiger partial charge in [-0.25, -0.2) is 19.9 Å². The van der Waals surface area contributed by atoms with Crippen LogP contribution in [0.5, 0.6) is 0 Å². The lowest BCUT2D eigenvalue weighted by Gasteiger charge is -2.16. The summed E-state index contributed by atoms with van der Waals surface area (Å²) in [4.78, 5) is 40.2. The molecule has 366 valence electrons. The van der Waals surface area contributed by atoms with E-state index < -0.39 is 0 Å². The second-order valence-corrected chi connectivity index (χ2v) is 19.8. The van der Waals surface area contributed by atoms with Crippen LogP contribution in [0.1, 0.15) is 11.1 Å². The Kier molecular flexibility index (Phi) is 11.4. The van der Waals surface area contributed by atoms with Gasteiger partial charge in [-0.1, -0.05) is 132 Å². The minimum Gasteiger partial charge on any atom is -0.264 e. The van der Waals surface area contributed by atoms with Crippen molar-refractivity contribution in [3.63, 3.8) is 0 Å². The number of hydrogen-bond acceptors (Lipinski definition) is 8. The molecule has 8 heterocycles. The van der Waals surface area contributed by atoms with Gasteiger partial charge in [0.2, 0.25) is 0 Å². The van der Waals surface area contributed by atoms with Crippen molar-refractivity contribution in [1.82, 2.24) is 39.9 Å². The standard InChI is InChI=1S/C70H46N8/c1-43-11-3-15-47(31-43)63-35-59(51-19-7-27-71-39-51)55-23-25-57-61(53-21-9-29-73-41-53)37-65(77-69(57)67(55)75-63)49-17-5-13-45(33-49)46-14-6-18-50(34-46)66-38-62(54-22-10-30-74-42-54)58-26-24-56-60(52-20-8-28-72-40-52)36-64(76-68(56)70(58)78-66)48-16-4-12-44(2)32-48/h3-42H,1-2H3. The molecule has 0 N–H and O–H groups in total. The summed E-state index contributed by atoms with van der Waals surface area (Å²) < 4.78 is 0. The highest BCUT2D eigenvalue weighted by molar-refractivity contribution is 6.15. The van der Waals surface area contributed by atoms with Gasteiger partial charge in [0.15, 0.2) is 0 Å². The Morgan fingerprint density at radius 2 is 0.487 bits per heavy atom. The van der Waals surface area contributed by atoms with E-state index in [1.807, 2.05) is 73.8 Å². The summed E-state index contributed by atoms with van der Waals surface area (Å²) in [5, 5.41) is 3.98. The molecule has 0 radical (unpaired) electrons. The Bertz CT molecular complexity index is 4330. The average Bonchev–Trinajstić information content (AvgIpc) is 3.51. The lowest BCUT2D eigenvalue weighted by molar-refractivity contribution is 1.32. The normalized spacial score (nSPS) is 11.5. The fraction of sp³-hybridized carbons (Fsp3) is 0.0286. The van der Waals surface area contributed by atoms with E-state index in [-0.39, 0.29) is 0 Å². The van der Waals surface area contributed by atoms with Gasteiger partial charge < -0.3 is 0 Å². The molecule has 0 spiro atoms. The van der Waals surface area contributed by atoms with E-state index in [1.165, 1.54) is 0 Å². The summed E-state index contributed by atoms with van der Waals surface area (Å²) in [5.74, 6) is 0. The third-order valence-electron chi connectivity index (χ3n) is 14.7. The first kappa shape index (κ1) is 46.1. The topological polar surface area (TPSA) is 103 Å². The van der Waals surface area contributed by atoms with E-state index >= 15 is 0 Å². The van der Waals surface area contributed by atoms with Crippen LogP contribution in [-0.4, -0.2) is 39.9 Å². The van der Waals surface area contributed by atoms with E-state index in [2.05, 4.69) is 204 Å². The highest BCUT2D eigenvalue weighted by Crippen LogP contribution is 2.42. The molecule has 14 rings (SSSR count). The van der Waals surface area contributed by atoms with Crippen LogP contribution in [-0.2, 0) is 0 Å². The molecule has 0 saturated heterocycles. The summed E-state index contributed by atoms with van der Waals surface area (Å²) in [6, 6.07) is 68.1. The molecule has 0 aliphatic rings. The van der Waals surface area contributed by atoms with Crippen LogP contribution in [0, 0.1) is 13.8 Å². The first-order valence-electron chi connectivity index (χ1n) is 26.0. The first-order chi connectivity index (χ1) is 38.5. The SMILES string of the molecule is Cc1cccc(-c2cc(-c3cccnc3)c3ccc4c(-c5cccnc5)cc(-c5cccc(-c6cccc(-c7cc(-c8cccnc8)c8ccc9c(-c%10cccnc%10)cc(-c%10cccc(C)c%10)nc9c8n7)c6)c5)nc4c3n2)c1. The Labute approximate surface area is 450 Å². The highest BCUT2D eigenvalue weighted by Gasteiger charge is 2.21. The molecule has 0 bridgehead atoms. The maximum Gasteiger partial charge on any atom is 0.0978 e. The number of aromatic nitrogens is 8. The molecule has 78 heavy (non-hydrogen) atoms. The summed E-state index contributed by atoms with van der Waals surface area (Å²) in [7, 11) is 0. The molecule has 0 unspecified atom stereocenters. The minimum atomic E-state index is 0.809. The second kappa shape index (κ2) is 19.4. The van der Waals surface area contributed by atoms with Gasteiger partial charge in [0.25, 0.3) is 0 Å². The quantitative estimate of drug-likeness (QED) is 0.132. The van der Waals surface area contributed by atoms with Crippen LogP contribution in [0.3, 0.4) is 0 Å². The maximum absolute atomic E-state index is 5.57. The molecule has 14 aromatic rings. The Morgan fingerprint density at radius 3 is 0.756 bits per heavy atom. The van der Waals surface area contributed by atoms with Crippen molar-refractivity contribution >= 4 is 43.6 Å². The predicted molar refractivity (Wildman–Crippen MR) is 317 cm³/mol. The van der Waals surface area contributed by atoms with Gasteiger partial charge in [0.1, 0.15) is 0 Å². The molecule has 0 fully saturated rings. The highest BCUT2D eigenvalue weighted by atomic mass is 14.8. The Hall–Kier alpha value is -10.4. The van der Waals surface area contributed by atoms with E-state index in [1.54, 1.807) is 0 Å². The summed E-state index contributed by atoms with van der Waals surface area (Å²) >= 11 is 0. The number of pyridine rings is 8. The molecule has 0 aliphatic heterocycles. The number of rotatable bonds is 9. The number of benzene rings is 6. The lowest BCUT2D eigenvalue weighted by Crippen LogP contribution is -1.96. The molecule has 0 saturated carbocycles. The molecule has 0 amide bonds.